The Bertz CT molecular complexity index is 599. The fourth-order valence-corrected chi connectivity index (χ4v) is 2.15. The van der Waals surface area contributed by atoms with E-state index in [2.05, 4.69) is 25.9 Å². The van der Waals surface area contributed by atoms with E-state index in [1.807, 2.05) is 24.3 Å². The van der Waals surface area contributed by atoms with Crippen LogP contribution in [0, 0.1) is 6.92 Å². The normalized spacial score (nSPS) is 10.3. The number of alkyl halides is 1. The number of carboxylic acids is 1. The van der Waals surface area contributed by atoms with Crippen LogP contribution in [-0.4, -0.2) is 21.0 Å². The third-order valence-electron chi connectivity index (χ3n) is 2.61. The molecule has 0 aliphatic heterocycles. The van der Waals surface area contributed by atoms with E-state index in [9.17, 15) is 4.79 Å². The number of aromatic nitrogens is 2. The molecule has 0 amide bonds. The lowest BCUT2D eigenvalue weighted by atomic mass is 10.1. The van der Waals surface area contributed by atoms with Gasteiger partial charge in [0.1, 0.15) is 0 Å². The molecule has 0 aliphatic carbocycles. The Balaban J connectivity index is 2.52. The van der Waals surface area contributed by atoms with Crippen molar-refractivity contribution in [1.82, 2.24) is 9.97 Å². The number of carbonyl (C=O) groups is 1. The van der Waals surface area contributed by atoms with Gasteiger partial charge in [0.05, 0.1) is 11.3 Å². The minimum absolute atomic E-state index is 0.134. The molecule has 0 unspecified atom stereocenters. The smallest absolute Gasteiger partial charge is 0.339 e. The summed E-state index contributed by atoms with van der Waals surface area (Å²) in [7, 11) is 0. The van der Waals surface area contributed by atoms with Gasteiger partial charge in [0.2, 0.25) is 0 Å². The zero-order valence-electron chi connectivity index (χ0n) is 9.72. The van der Waals surface area contributed by atoms with Crippen LogP contribution in [0.1, 0.15) is 21.6 Å². The quantitative estimate of drug-likeness (QED) is 0.885. The van der Waals surface area contributed by atoms with Gasteiger partial charge in [-0.05, 0) is 12.5 Å². The molecule has 2 rings (SSSR count). The molecule has 1 aromatic carbocycles. The average Bonchev–Trinajstić information content (AvgIpc) is 2.38. The number of nitrogens with zero attached hydrogens (tertiary/aromatic N) is 2. The van der Waals surface area contributed by atoms with Crippen LogP contribution in [0.25, 0.3) is 11.4 Å². The molecule has 1 aromatic heterocycles. The van der Waals surface area contributed by atoms with Gasteiger partial charge in [-0.15, -0.1) is 0 Å². The van der Waals surface area contributed by atoms with Crippen LogP contribution in [0.4, 0.5) is 0 Å². The maximum atomic E-state index is 10.9. The van der Waals surface area contributed by atoms with E-state index < -0.39 is 5.97 Å². The van der Waals surface area contributed by atoms with Gasteiger partial charge in [0.15, 0.2) is 5.82 Å². The predicted octanol–water partition coefficient (Wildman–Crippen LogP) is 3.05. The van der Waals surface area contributed by atoms with Crippen molar-refractivity contribution in [3.05, 3.63) is 47.3 Å². The summed E-state index contributed by atoms with van der Waals surface area (Å²) in [4.78, 5) is 19.3. The molecule has 0 radical (unpaired) electrons. The lowest BCUT2D eigenvalue weighted by Gasteiger charge is -2.07. The highest BCUT2D eigenvalue weighted by molar-refractivity contribution is 9.08. The van der Waals surface area contributed by atoms with Crippen LogP contribution in [0.2, 0.25) is 0 Å². The molecule has 4 nitrogen and oxygen atoms in total. The highest BCUT2D eigenvalue weighted by Crippen LogP contribution is 2.22. The molecule has 1 N–H and O–H groups in total. The van der Waals surface area contributed by atoms with Crippen molar-refractivity contribution < 1.29 is 9.90 Å². The van der Waals surface area contributed by atoms with E-state index >= 15 is 0 Å². The molecule has 1 heterocycles. The van der Waals surface area contributed by atoms with Gasteiger partial charge >= 0.3 is 5.97 Å². The summed E-state index contributed by atoms with van der Waals surface area (Å²) in [5, 5.41) is 9.64. The largest absolute Gasteiger partial charge is 0.478 e. The van der Waals surface area contributed by atoms with E-state index in [0.717, 1.165) is 11.1 Å². The van der Waals surface area contributed by atoms with Crippen molar-refractivity contribution in [2.75, 3.05) is 0 Å². The number of rotatable bonds is 3. The fourth-order valence-electron chi connectivity index (χ4n) is 1.66. The molecule has 0 fully saturated rings. The second-order valence-electron chi connectivity index (χ2n) is 3.79. The maximum Gasteiger partial charge on any atom is 0.339 e. The maximum absolute atomic E-state index is 10.9. The lowest BCUT2D eigenvalue weighted by Crippen LogP contribution is -2.04. The van der Waals surface area contributed by atoms with Gasteiger partial charge in [0, 0.05) is 17.1 Å². The molecule has 5 heteroatoms. The Hall–Kier alpha value is -1.75. The molecule has 0 aliphatic rings. The monoisotopic (exact) mass is 306 g/mol. The van der Waals surface area contributed by atoms with Gasteiger partial charge in [0.25, 0.3) is 0 Å². The summed E-state index contributed by atoms with van der Waals surface area (Å²) in [6.45, 7) is 1.67. The fraction of sp³-hybridized carbons (Fsp3) is 0.154. The van der Waals surface area contributed by atoms with Crippen molar-refractivity contribution in [2.24, 2.45) is 0 Å². The molecule has 2 aromatic rings. The Morgan fingerprint density at radius 3 is 2.72 bits per heavy atom. The zero-order valence-corrected chi connectivity index (χ0v) is 11.3. The molecule has 18 heavy (non-hydrogen) atoms. The van der Waals surface area contributed by atoms with Crippen LogP contribution in [0.3, 0.4) is 0 Å². The second-order valence-corrected chi connectivity index (χ2v) is 4.35. The number of benzene rings is 1. The number of hydrogen-bond donors (Lipinski definition) is 1. The first kappa shape index (κ1) is 12.7. The van der Waals surface area contributed by atoms with Crippen LogP contribution in [-0.2, 0) is 5.33 Å². The minimum Gasteiger partial charge on any atom is -0.478 e. The summed E-state index contributed by atoms with van der Waals surface area (Å²) in [5.41, 5.74) is 2.58. The Kier molecular flexibility index (Phi) is 3.72. The van der Waals surface area contributed by atoms with E-state index in [4.69, 9.17) is 5.11 Å². The first-order valence-corrected chi connectivity index (χ1v) is 6.47. The van der Waals surface area contributed by atoms with Crippen molar-refractivity contribution in [2.45, 2.75) is 12.3 Å². The van der Waals surface area contributed by atoms with Gasteiger partial charge in [-0.25, -0.2) is 14.8 Å². The Morgan fingerprint density at radius 2 is 2.11 bits per heavy atom. The Labute approximate surface area is 113 Å². The molecule has 0 bridgehead atoms. The van der Waals surface area contributed by atoms with E-state index in [1.165, 1.54) is 6.20 Å². The summed E-state index contributed by atoms with van der Waals surface area (Å²) in [6.07, 6.45) is 1.35. The van der Waals surface area contributed by atoms with E-state index in [0.29, 0.717) is 16.8 Å². The third kappa shape index (κ3) is 2.41. The topological polar surface area (TPSA) is 63.1 Å². The van der Waals surface area contributed by atoms with Crippen LogP contribution < -0.4 is 0 Å². The Morgan fingerprint density at radius 1 is 1.39 bits per heavy atom. The first-order chi connectivity index (χ1) is 8.63. The predicted molar refractivity (Wildman–Crippen MR) is 71.8 cm³/mol. The standard InChI is InChI=1S/C13H11BrN2O2/c1-8-11(13(17)18)7-15-12(16-8)10-5-3-2-4-9(10)6-14/h2-5,7H,6H2,1H3,(H,17,18). The molecule has 0 saturated heterocycles. The van der Waals surface area contributed by atoms with Gasteiger partial charge in [-0.3, -0.25) is 0 Å². The van der Waals surface area contributed by atoms with Gasteiger partial charge < -0.3 is 5.11 Å². The van der Waals surface area contributed by atoms with Gasteiger partial charge in [-0.2, -0.15) is 0 Å². The molecular formula is C13H11BrN2O2. The van der Waals surface area contributed by atoms with Crippen LogP contribution in [0.15, 0.2) is 30.5 Å². The van der Waals surface area contributed by atoms with Crippen LogP contribution in [0.5, 0.6) is 0 Å². The number of carboxylic acid groups (broad SMARTS) is 1. The summed E-state index contributed by atoms with van der Waals surface area (Å²) >= 11 is 3.41. The molecular weight excluding hydrogens is 296 g/mol. The van der Waals surface area contributed by atoms with E-state index in [1.54, 1.807) is 6.92 Å². The second kappa shape index (κ2) is 5.27. The summed E-state index contributed by atoms with van der Waals surface area (Å²) in [5.74, 6) is -0.458. The van der Waals surface area contributed by atoms with Crippen molar-refractivity contribution >= 4 is 21.9 Å². The minimum atomic E-state index is -1.01. The van der Waals surface area contributed by atoms with Crippen molar-refractivity contribution in [3.8, 4) is 11.4 Å². The molecule has 0 atom stereocenters. The lowest BCUT2D eigenvalue weighted by molar-refractivity contribution is 0.0695. The number of aromatic carboxylic acids is 1. The summed E-state index contributed by atoms with van der Waals surface area (Å²) in [6, 6.07) is 7.75. The molecule has 92 valence electrons. The third-order valence-corrected chi connectivity index (χ3v) is 3.22. The zero-order chi connectivity index (χ0) is 13.1. The first-order valence-electron chi connectivity index (χ1n) is 5.34. The number of halogens is 1. The molecule has 0 spiro atoms. The highest BCUT2D eigenvalue weighted by Gasteiger charge is 2.12. The van der Waals surface area contributed by atoms with Crippen molar-refractivity contribution in [1.29, 1.82) is 0 Å². The highest BCUT2D eigenvalue weighted by atomic mass is 79.9. The van der Waals surface area contributed by atoms with E-state index in [-0.39, 0.29) is 5.56 Å². The van der Waals surface area contributed by atoms with Crippen molar-refractivity contribution in [3.63, 3.8) is 0 Å². The summed E-state index contributed by atoms with van der Waals surface area (Å²) < 4.78 is 0. The van der Waals surface area contributed by atoms with Crippen LogP contribution >= 0.6 is 15.9 Å². The number of hydrogen-bond acceptors (Lipinski definition) is 3. The average molecular weight is 307 g/mol. The number of aryl methyl sites for hydroxylation is 1. The van der Waals surface area contributed by atoms with Gasteiger partial charge in [-0.1, -0.05) is 40.2 Å². The molecule has 0 saturated carbocycles. The SMILES string of the molecule is Cc1nc(-c2ccccc2CBr)ncc1C(=O)O.